The third-order valence-electron chi connectivity index (χ3n) is 9.07. The van der Waals surface area contributed by atoms with Crippen molar-refractivity contribution in [3.8, 4) is 34.3 Å². The lowest BCUT2D eigenvalue weighted by molar-refractivity contribution is -0.670. The van der Waals surface area contributed by atoms with Crippen molar-refractivity contribution in [3.05, 3.63) is 129 Å². The topological polar surface area (TPSA) is 105 Å². The van der Waals surface area contributed by atoms with Crippen LogP contribution < -0.4 is 27.9 Å². The van der Waals surface area contributed by atoms with Crippen molar-refractivity contribution in [2.75, 3.05) is 0 Å². The number of aromatic nitrogens is 6. The summed E-state index contributed by atoms with van der Waals surface area (Å²) in [6.07, 6.45) is 17.9. The summed E-state index contributed by atoms with van der Waals surface area (Å²) in [5.74, 6) is -2.62. The summed E-state index contributed by atoms with van der Waals surface area (Å²) in [5.41, 5.74) is 2.72. The number of rotatable bonds is 9. The first-order chi connectivity index (χ1) is 24.7. The SMILES string of the molecule is C[n+]1ccn(-c2ccc(OC(=O)C3CC(C(=O)Oc4ccc(-n5cc[n+](C)c5)cc4)CC(C(=O)Oc4ccc(-n5cc[n+](C)c5)cc4)C3)cc2)c1. The Bertz CT molecular complexity index is 1910. The third kappa shape index (κ3) is 7.80. The summed E-state index contributed by atoms with van der Waals surface area (Å²) in [6, 6.07) is 21.5. The average Bonchev–Trinajstić information content (AvgIpc) is 3.90. The highest BCUT2D eigenvalue weighted by Gasteiger charge is 2.41. The van der Waals surface area contributed by atoms with E-state index >= 15 is 0 Å². The van der Waals surface area contributed by atoms with Gasteiger partial charge in [0.2, 0.25) is 19.0 Å². The molecule has 1 saturated carbocycles. The molecule has 3 aromatic heterocycles. The molecule has 7 rings (SSSR count). The number of carbonyl (C=O) groups is 3. The number of hydrogen-bond acceptors (Lipinski definition) is 6. The van der Waals surface area contributed by atoms with E-state index < -0.39 is 35.7 Å². The van der Waals surface area contributed by atoms with Crippen molar-refractivity contribution in [2.24, 2.45) is 38.9 Å². The van der Waals surface area contributed by atoms with Gasteiger partial charge in [0, 0.05) is 0 Å². The van der Waals surface area contributed by atoms with E-state index in [2.05, 4.69) is 0 Å². The molecule has 0 bridgehead atoms. The number of carbonyl (C=O) groups excluding carboxylic acids is 3. The van der Waals surface area contributed by atoms with Crippen LogP contribution >= 0.6 is 0 Å². The largest absolute Gasteiger partial charge is 0.426 e. The predicted molar refractivity (Wildman–Crippen MR) is 182 cm³/mol. The van der Waals surface area contributed by atoms with Gasteiger partial charge in [-0.3, -0.25) is 14.4 Å². The number of esters is 3. The summed E-state index contributed by atoms with van der Waals surface area (Å²) < 4.78 is 29.0. The highest BCUT2D eigenvalue weighted by molar-refractivity contribution is 5.82. The Morgan fingerprint density at radius 1 is 0.471 bits per heavy atom. The molecule has 6 aromatic rings. The molecule has 12 nitrogen and oxygen atoms in total. The van der Waals surface area contributed by atoms with Gasteiger partial charge in [-0.2, -0.15) is 0 Å². The zero-order valence-electron chi connectivity index (χ0n) is 28.6. The minimum Gasteiger partial charge on any atom is -0.426 e. The maximum Gasteiger partial charge on any atom is 0.314 e. The van der Waals surface area contributed by atoms with E-state index in [0.717, 1.165) is 17.1 Å². The van der Waals surface area contributed by atoms with Gasteiger partial charge >= 0.3 is 17.9 Å². The maximum absolute atomic E-state index is 13.6. The molecule has 0 atom stereocenters. The van der Waals surface area contributed by atoms with Crippen molar-refractivity contribution in [3.63, 3.8) is 0 Å². The van der Waals surface area contributed by atoms with Gasteiger partial charge in [-0.15, -0.1) is 0 Å². The lowest BCUT2D eigenvalue weighted by Crippen LogP contribution is -2.39. The predicted octanol–water partition coefficient (Wildman–Crippen LogP) is 3.68. The summed E-state index contributed by atoms with van der Waals surface area (Å²) >= 11 is 0. The molecule has 3 heterocycles. The van der Waals surface area contributed by atoms with Crippen molar-refractivity contribution in [1.82, 2.24) is 13.7 Å². The van der Waals surface area contributed by atoms with Crippen LogP contribution in [0.25, 0.3) is 17.1 Å². The molecule has 0 amide bonds. The first kappa shape index (κ1) is 33.2. The van der Waals surface area contributed by atoms with Crippen LogP contribution in [0.2, 0.25) is 0 Å². The van der Waals surface area contributed by atoms with Crippen LogP contribution in [0.5, 0.6) is 17.2 Å². The molecule has 1 fully saturated rings. The van der Waals surface area contributed by atoms with Gasteiger partial charge in [0.15, 0.2) is 0 Å². The van der Waals surface area contributed by atoms with E-state index in [4.69, 9.17) is 14.2 Å². The number of ether oxygens (including phenoxy) is 3. The standard InChI is InChI=1S/C39H39N6O6/c1-40-16-19-43(25-40)31-4-10-34(11-5-31)49-37(46)28-22-29(38(47)50-35-12-6-32(7-13-35)44-20-17-41(2)26-44)24-30(23-28)39(48)51-36-14-8-33(9-15-36)45-21-18-42(3)27-45/h4-21,25-30H,22-24H2,1-3H3/q+3. The van der Waals surface area contributed by atoms with E-state index in [1.165, 1.54) is 0 Å². The first-order valence-electron chi connectivity index (χ1n) is 16.7. The molecule has 0 radical (unpaired) electrons. The zero-order valence-corrected chi connectivity index (χ0v) is 28.6. The lowest BCUT2D eigenvalue weighted by Gasteiger charge is -2.31. The van der Waals surface area contributed by atoms with Crippen LogP contribution in [-0.4, -0.2) is 31.6 Å². The van der Waals surface area contributed by atoms with Gasteiger partial charge < -0.3 is 14.2 Å². The van der Waals surface area contributed by atoms with Gasteiger partial charge in [0.25, 0.3) is 0 Å². The molecule has 51 heavy (non-hydrogen) atoms. The van der Waals surface area contributed by atoms with Crippen molar-refractivity contribution in [2.45, 2.75) is 19.3 Å². The monoisotopic (exact) mass is 687 g/mol. The van der Waals surface area contributed by atoms with Crippen LogP contribution in [0.4, 0.5) is 0 Å². The summed E-state index contributed by atoms with van der Waals surface area (Å²) in [5, 5.41) is 0. The zero-order chi connectivity index (χ0) is 35.5. The van der Waals surface area contributed by atoms with Crippen LogP contribution in [0.3, 0.4) is 0 Å². The summed E-state index contributed by atoms with van der Waals surface area (Å²) in [7, 11) is 5.81. The fourth-order valence-electron chi connectivity index (χ4n) is 6.36. The number of nitrogens with zero attached hydrogens (tertiary/aromatic N) is 6. The number of hydrogen-bond donors (Lipinski definition) is 0. The van der Waals surface area contributed by atoms with Crippen LogP contribution in [0.15, 0.2) is 129 Å². The molecular formula is C39H39N6O6+3. The van der Waals surface area contributed by atoms with Gasteiger partial charge in [0.05, 0.1) is 38.9 Å². The van der Waals surface area contributed by atoms with E-state index in [0.29, 0.717) is 17.2 Å². The minimum atomic E-state index is -0.731. The fourth-order valence-corrected chi connectivity index (χ4v) is 6.36. The Labute approximate surface area is 294 Å². The second kappa shape index (κ2) is 14.3. The Morgan fingerprint density at radius 3 is 0.941 bits per heavy atom. The lowest BCUT2D eigenvalue weighted by atomic mass is 9.75. The van der Waals surface area contributed by atoms with E-state index in [1.54, 1.807) is 36.4 Å². The quantitative estimate of drug-likeness (QED) is 0.131. The molecule has 0 N–H and O–H groups in total. The van der Waals surface area contributed by atoms with Crippen molar-refractivity contribution in [1.29, 1.82) is 0 Å². The molecule has 0 saturated heterocycles. The second-order valence-electron chi connectivity index (χ2n) is 13.0. The molecule has 1 aliphatic carbocycles. The third-order valence-corrected chi connectivity index (χ3v) is 9.07. The van der Waals surface area contributed by atoms with E-state index in [9.17, 15) is 14.4 Å². The van der Waals surface area contributed by atoms with Crippen molar-refractivity contribution < 1.29 is 42.3 Å². The average molecular weight is 688 g/mol. The normalized spacial score (nSPS) is 17.1. The molecule has 0 unspecified atom stereocenters. The Balaban J connectivity index is 1.06. The maximum atomic E-state index is 13.6. The molecule has 12 heteroatoms. The smallest absolute Gasteiger partial charge is 0.314 e. The van der Waals surface area contributed by atoms with Gasteiger partial charge in [0.1, 0.15) is 71.5 Å². The van der Waals surface area contributed by atoms with E-state index in [1.807, 2.05) is 141 Å². The number of benzene rings is 3. The highest BCUT2D eigenvalue weighted by atomic mass is 16.5. The van der Waals surface area contributed by atoms with Crippen LogP contribution in [0, 0.1) is 17.8 Å². The Kier molecular flexibility index (Phi) is 9.30. The molecule has 0 aliphatic heterocycles. The first-order valence-corrected chi connectivity index (χ1v) is 16.7. The number of aryl methyl sites for hydroxylation is 3. The van der Waals surface area contributed by atoms with Crippen LogP contribution in [-0.2, 0) is 35.5 Å². The number of imidazole rings is 3. The molecule has 258 valence electrons. The fraction of sp³-hybridized carbons (Fsp3) is 0.231. The Morgan fingerprint density at radius 2 is 0.725 bits per heavy atom. The van der Waals surface area contributed by atoms with E-state index in [-0.39, 0.29) is 19.3 Å². The molecule has 1 aliphatic rings. The van der Waals surface area contributed by atoms with Crippen LogP contribution in [0.1, 0.15) is 19.3 Å². The Hall–Kier alpha value is -6.30. The molecular weight excluding hydrogens is 648 g/mol. The minimum absolute atomic E-state index is 0.181. The van der Waals surface area contributed by atoms with Crippen molar-refractivity contribution >= 4 is 17.9 Å². The summed E-state index contributed by atoms with van der Waals surface area (Å²) in [4.78, 5) is 40.8. The second-order valence-corrected chi connectivity index (χ2v) is 13.0. The van der Waals surface area contributed by atoms with Gasteiger partial charge in [-0.05, 0) is 92.1 Å². The highest BCUT2D eigenvalue weighted by Crippen LogP contribution is 2.37. The summed E-state index contributed by atoms with van der Waals surface area (Å²) in [6.45, 7) is 0. The van der Waals surface area contributed by atoms with Gasteiger partial charge in [-0.1, -0.05) is 0 Å². The molecule has 3 aromatic carbocycles. The van der Waals surface area contributed by atoms with Gasteiger partial charge in [-0.25, -0.2) is 27.4 Å². The molecule has 0 spiro atoms.